The van der Waals surface area contributed by atoms with E-state index in [0.717, 1.165) is 16.8 Å². The lowest BCUT2D eigenvalue weighted by Crippen LogP contribution is -2.29. The van der Waals surface area contributed by atoms with Crippen LogP contribution in [0.25, 0.3) is 11.0 Å². The molecule has 0 bridgehead atoms. The predicted octanol–water partition coefficient (Wildman–Crippen LogP) is 5.18. The van der Waals surface area contributed by atoms with Crippen LogP contribution in [0.1, 0.15) is 39.0 Å². The Bertz CT molecular complexity index is 1420. The third-order valence-corrected chi connectivity index (χ3v) is 6.36. The summed E-state index contributed by atoms with van der Waals surface area (Å²) in [5, 5.41) is 2.87. The number of ether oxygens (including phenoxy) is 1. The first-order chi connectivity index (χ1) is 15.5. The number of aromatic nitrogens is 1. The molecule has 160 valence electrons. The number of rotatable bonds is 5. The van der Waals surface area contributed by atoms with E-state index in [9.17, 15) is 9.59 Å². The summed E-state index contributed by atoms with van der Waals surface area (Å²) in [5.74, 6) is 0.373. The Morgan fingerprint density at radius 2 is 1.97 bits per heavy atom. The van der Waals surface area contributed by atoms with Gasteiger partial charge in [-0.15, -0.1) is 11.3 Å². The van der Waals surface area contributed by atoms with Crippen molar-refractivity contribution in [2.45, 2.75) is 19.9 Å². The van der Waals surface area contributed by atoms with E-state index in [4.69, 9.17) is 9.15 Å². The molecule has 1 aliphatic heterocycles. The lowest BCUT2D eigenvalue weighted by Gasteiger charge is -2.22. The third-order valence-electron chi connectivity index (χ3n) is 5.40. The van der Waals surface area contributed by atoms with Crippen LogP contribution in [0.2, 0.25) is 0 Å². The Morgan fingerprint density at radius 3 is 2.66 bits per heavy atom. The van der Waals surface area contributed by atoms with Gasteiger partial charge in [0.05, 0.1) is 22.7 Å². The van der Waals surface area contributed by atoms with Gasteiger partial charge in [0, 0.05) is 5.38 Å². The highest BCUT2D eigenvalue weighted by Gasteiger charge is 2.44. The molecule has 0 saturated heterocycles. The van der Waals surface area contributed by atoms with Crippen LogP contribution >= 0.6 is 11.3 Å². The molecule has 0 spiro atoms. The van der Waals surface area contributed by atoms with Gasteiger partial charge in [-0.1, -0.05) is 36.4 Å². The highest BCUT2D eigenvalue weighted by atomic mass is 32.1. The Kier molecular flexibility index (Phi) is 4.90. The molecule has 0 saturated carbocycles. The number of carbonyl (C=O) groups excluding carboxylic acids is 1. The number of anilines is 1. The molecule has 1 atom stereocenters. The molecular weight excluding hydrogens is 424 g/mol. The molecule has 0 N–H and O–H groups in total. The van der Waals surface area contributed by atoms with Gasteiger partial charge in [0.25, 0.3) is 5.91 Å². The van der Waals surface area contributed by atoms with Crippen LogP contribution in [0, 0.1) is 13.8 Å². The minimum atomic E-state index is -0.641. The summed E-state index contributed by atoms with van der Waals surface area (Å²) in [4.78, 5) is 33.2. The third kappa shape index (κ3) is 3.22. The molecule has 0 radical (unpaired) electrons. The van der Waals surface area contributed by atoms with Crippen molar-refractivity contribution in [3.63, 3.8) is 0 Å². The summed E-state index contributed by atoms with van der Waals surface area (Å²) in [6.45, 7) is 7.84. The van der Waals surface area contributed by atoms with Crippen LogP contribution in [0.5, 0.6) is 5.75 Å². The molecule has 4 aromatic rings. The van der Waals surface area contributed by atoms with E-state index in [2.05, 4.69) is 11.6 Å². The Morgan fingerprint density at radius 1 is 1.19 bits per heavy atom. The van der Waals surface area contributed by atoms with Gasteiger partial charge in [0.1, 0.15) is 17.9 Å². The fourth-order valence-corrected chi connectivity index (χ4v) is 4.78. The Hall–Kier alpha value is -3.71. The van der Waals surface area contributed by atoms with Gasteiger partial charge in [-0.05, 0) is 43.7 Å². The van der Waals surface area contributed by atoms with E-state index in [1.54, 1.807) is 23.1 Å². The van der Waals surface area contributed by atoms with Crippen molar-refractivity contribution in [1.29, 1.82) is 0 Å². The minimum Gasteiger partial charge on any atom is -0.490 e. The van der Waals surface area contributed by atoms with Crippen molar-refractivity contribution in [3.8, 4) is 5.75 Å². The number of aryl methyl sites for hydroxylation is 2. The highest BCUT2D eigenvalue weighted by Crippen LogP contribution is 2.42. The fraction of sp³-hybridized carbons (Fsp3) is 0.160. The van der Waals surface area contributed by atoms with Crippen molar-refractivity contribution in [2.75, 3.05) is 11.5 Å². The van der Waals surface area contributed by atoms with E-state index < -0.39 is 6.04 Å². The number of hydrogen-bond donors (Lipinski definition) is 0. The van der Waals surface area contributed by atoms with Crippen LogP contribution in [0.3, 0.4) is 0 Å². The van der Waals surface area contributed by atoms with Crippen molar-refractivity contribution >= 4 is 33.3 Å². The fourth-order valence-electron chi connectivity index (χ4n) is 3.95. The van der Waals surface area contributed by atoms with Gasteiger partial charge in [-0.2, -0.15) is 0 Å². The second-order valence-corrected chi connectivity index (χ2v) is 8.53. The topological polar surface area (TPSA) is 72.6 Å². The first kappa shape index (κ1) is 20.2. The molecule has 0 unspecified atom stereocenters. The SMILES string of the molecule is C=CCOc1ccc([C@@H]2c3c(oc4ccc(C)cc4c3=O)C(=O)N2c2nc(C)cs2)cc1. The summed E-state index contributed by atoms with van der Waals surface area (Å²) in [7, 11) is 0. The van der Waals surface area contributed by atoms with Crippen LogP contribution in [0.15, 0.2) is 69.7 Å². The van der Waals surface area contributed by atoms with Gasteiger partial charge < -0.3 is 9.15 Å². The van der Waals surface area contributed by atoms with Crippen LogP contribution in [0.4, 0.5) is 5.13 Å². The van der Waals surface area contributed by atoms with Gasteiger partial charge in [0.2, 0.25) is 5.76 Å². The van der Waals surface area contributed by atoms with E-state index in [1.807, 2.05) is 49.6 Å². The van der Waals surface area contributed by atoms with Crippen molar-refractivity contribution in [3.05, 3.63) is 98.9 Å². The molecule has 0 fully saturated rings. The van der Waals surface area contributed by atoms with Crippen molar-refractivity contribution < 1.29 is 13.9 Å². The highest BCUT2D eigenvalue weighted by molar-refractivity contribution is 7.14. The van der Waals surface area contributed by atoms with Crippen LogP contribution in [-0.2, 0) is 0 Å². The van der Waals surface area contributed by atoms with Gasteiger partial charge in [0.15, 0.2) is 10.6 Å². The summed E-state index contributed by atoms with van der Waals surface area (Å²) in [6.07, 6.45) is 1.67. The quantitative estimate of drug-likeness (QED) is 0.397. The maximum atomic E-state index is 13.6. The monoisotopic (exact) mass is 444 g/mol. The maximum Gasteiger partial charge on any atom is 0.297 e. The predicted molar refractivity (Wildman–Crippen MR) is 125 cm³/mol. The number of hydrogen-bond acceptors (Lipinski definition) is 6. The molecular formula is C25H20N2O4S. The second kappa shape index (κ2) is 7.76. The number of amides is 1. The number of benzene rings is 2. The zero-order valence-electron chi connectivity index (χ0n) is 17.6. The zero-order chi connectivity index (χ0) is 22.4. The second-order valence-electron chi connectivity index (χ2n) is 7.69. The molecule has 6 nitrogen and oxygen atoms in total. The zero-order valence-corrected chi connectivity index (χ0v) is 18.4. The molecule has 2 aromatic heterocycles. The standard InChI is InChI=1S/C25H20N2O4S/c1-4-11-30-17-8-6-16(7-9-17)21-20-22(28)18-12-14(2)5-10-19(18)31-23(20)24(29)27(21)25-26-15(3)13-32-25/h4-10,12-13,21H,1,11H2,2-3H3/t21-/m1/s1. The van der Waals surface area contributed by atoms with Gasteiger partial charge in [-0.25, -0.2) is 4.98 Å². The number of thiazole rings is 1. The minimum absolute atomic E-state index is 0.0659. The molecule has 7 heteroatoms. The summed E-state index contributed by atoms with van der Waals surface area (Å²) < 4.78 is 11.6. The van der Waals surface area contributed by atoms with E-state index in [-0.39, 0.29) is 17.1 Å². The molecule has 1 aliphatic rings. The van der Waals surface area contributed by atoms with Crippen molar-refractivity contribution in [2.24, 2.45) is 0 Å². The molecule has 2 aromatic carbocycles. The first-order valence-electron chi connectivity index (χ1n) is 10.1. The lowest BCUT2D eigenvalue weighted by molar-refractivity contribution is 0.0971. The number of nitrogens with zero attached hydrogens (tertiary/aromatic N) is 2. The number of fused-ring (bicyclic) bond motifs is 2. The van der Waals surface area contributed by atoms with E-state index in [0.29, 0.717) is 34.0 Å². The van der Waals surface area contributed by atoms with Gasteiger partial charge >= 0.3 is 0 Å². The normalized spacial score (nSPS) is 15.2. The smallest absolute Gasteiger partial charge is 0.297 e. The van der Waals surface area contributed by atoms with E-state index >= 15 is 0 Å². The molecule has 1 amide bonds. The molecule has 3 heterocycles. The molecule has 0 aliphatic carbocycles. The number of carbonyl (C=O) groups is 1. The first-order valence-corrected chi connectivity index (χ1v) is 11.0. The van der Waals surface area contributed by atoms with Gasteiger partial charge in [-0.3, -0.25) is 14.5 Å². The van der Waals surface area contributed by atoms with Crippen LogP contribution in [-0.4, -0.2) is 17.5 Å². The Balaban J connectivity index is 1.72. The largest absolute Gasteiger partial charge is 0.490 e. The average molecular weight is 445 g/mol. The molecule has 32 heavy (non-hydrogen) atoms. The maximum absolute atomic E-state index is 13.6. The summed E-state index contributed by atoms with van der Waals surface area (Å²) in [6, 6.07) is 12.1. The molecule has 5 rings (SSSR count). The summed E-state index contributed by atoms with van der Waals surface area (Å²) in [5.41, 5.74) is 3.06. The average Bonchev–Trinajstić information content (AvgIpc) is 3.34. The van der Waals surface area contributed by atoms with Crippen LogP contribution < -0.4 is 15.1 Å². The lowest BCUT2D eigenvalue weighted by atomic mass is 9.98. The van der Waals surface area contributed by atoms with E-state index in [1.165, 1.54) is 11.3 Å². The Labute approximate surface area is 188 Å². The van der Waals surface area contributed by atoms with Crippen molar-refractivity contribution in [1.82, 2.24) is 4.98 Å². The summed E-state index contributed by atoms with van der Waals surface area (Å²) >= 11 is 1.36.